The molecule has 1 aliphatic rings. The minimum Gasteiger partial charge on any atom is -0.507 e. The van der Waals surface area contributed by atoms with Crippen LogP contribution in [0.25, 0.3) is 5.76 Å². The van der Waals surface area contributed by atoms with Gasteiger partial charge >= 0.3 is 0 Å². The van der Waals surface area contributed by atoms with Crippen molar-refractivity contribution >= 4 is 29.0 Å². The van der Waals surface area contributed by atoms with Crippen molar-refractivity contribution in [2.75, 3.05) is 13.1 Å². The SMILES string of the molecule is CC(=O)NCCN1C(=O)C(=O)C(=C(O)c2ccccc2)C1c1cccc([N+](=O)[O-])c1. The molecule has 2 amide bonds. The number of aliphatic hydroxyl groups excluding tert-OH is 1. The lowest BCUT2D eigenvalue weighted by Gasteiger charge is -2.25. The first kappa shape index (κ1) is 20.7. The zero-order valence-electron chi connectivity index (χ0n) is 16.1. The number of Topliss-reactive ketones (excluding diaryl/α,β-unsaturated/α-hetero) is 1. The number of aliphatic hydroxyl groups is 1. The molecule has 9 nitrogen and oxygen atoms in total. The number of hydrogen-bond acceptors (Lipinski definition) is 6. The smallest absolute Gasteiger partial charge is 0.295 e. The van der Waals surface area contributed by atoms with Gasteiger partial charge in [-0.3, -0.25) is 24.5 Å². The average Bonchev–Trinajstić information content (AvgIpc) is 2.98. The lowest BCUT2D eigenvalue weighted by atomic mass is 9.95. The zero-order valence-corrected chi connectivity index (χ0v) is 16.1. The number of hydrogen-bond donors (Lipinski definition) is 2. The highest BCUT2D eigenvalue weighted by molar-refractivity contribution is 6.46. The van der Waals surface area contributed by atoms with Crippen LogP contribution in [0.15, 0.2) is 60.2 Å². The Labute approximate surface area is 171 Å². The number of carbonyl (C=O) groups is 3. The topological polar surface area (TPSA) is 130 Å². The van der Waals surface area contributed by atoms with Crippen LogP contribution in [0.5, 0.6) is 0 Å². The van der Waals surface area contributed by atoms with Gasteiger partial charge in [0.1, 0.15) is 5.76 Å². The molecule has 2 aromatic rings. The lowest BCUT2D eigenvalue weighted by molar-refractivity contribution is -0.384. The molecule has 0 radical (unpaired) electrons. The van der Waals surface area contributed by atoms with E-state index in [2.05, 4.69) is 5.32 Å². The average molecular weight is 409 g/mol. The minimum absolute atomic E-state index is 0.0108. The molecule has 2 N–H and O–H groups in total. The van der Waals surface area contributed by atoms with E-state index in [9.17, 15) is 29.6 Å². The van der Waals surface area contributed by atoms with E-state index in [-0.39, 0.29) is 36.0 Å². The summed E-state index contributed by atoms with van der Waals surface area (Å²) in [5.74, 6) is -2.42. The van der Waals surface area contributed by atoms with E-state index in [1.807, 2.05) is 0 Å². The molecule has 0 aliphatic carbocycles. The fourth-order valence-corrected chi connectivity index (χ4v) is 3.37. The van der Waals surface area contributed by atoms with E-state index in [1.165, 1.54) is 30.0 Å². The zero-order chi connectivity index (χ0) is 21.8. The van der Waals surface area contributed by atoms with Crippen LogP contribution in [0.1, 0.15) is 24.1 Å². The Kier molecular flexibility index (Phi) is 5.91. The highest BCUT2D eigenvalue weighted by Crippen LogP contribution is 2.39. The van der Waals surface area contributed by atoms with Gasteiger partial charge in [0.2, 0.25) is 5.91 Å². The normalized spacial score (nSPS) is 17.8. The Morgan fingerprint density at radius 1 is 1.17 bits per heavy atom. The molecular formula is C21H19N3O6. The Morgan fingerprint density at radius 3 is 2.50 bits per heavy atom. The van der Waals surface area contributed by atoms with Crippen molar-refractivity contribution < 1.29 is 24.4 Å². The third-order valence-electron chi connectivity index (χ3n) is 4.71. The number of non-ortho nitro benzene ring substituents is 1. The second-order valence-corrected chi connectivity index (χ2v) is 6.69. The van der Waals surface area contributed by atoms with Crippen LogP contribution in [0.4, 0.5) is 5.69 Å². The summed E-state index contributed by atoms with van der Waals surface area (Å²) >= 11 is 0. The van der Waals surface area contributed by atoms with Gasteiger partial charge in [0.15, 0.2) is 0 Å². The molecule has 154 valence electrons. The first-order valence-electron chi connectivity index (χ1n) is 9.14. The van der Waals surface area contributed by atoms with Gasteiger partial charge in [0.05, 0.1) is 16.5 Å². The molecule has 9 heteroatoms. The van der Waals surface area contributed by atoms with E-state index < -0.39 is 22.7 Å². The van der Waals surface area contributed by atoms with Crippen LogP contribution in [0.3, 0.4) is 0 Å². The van der Waals surface area contributed by atoms with Crippen LogP contribution in [-0.2, 0) is 14.4 Å². The minimum atomic E-state index is -1.03. The molecule has 0 saturated carbocycles. The third kappa shape index (κ3) is 4.04. The van der Waals surface area contributed by atoms with E-state index >= 15 is 0 Å². The van der Waals surface area contributed by atoms with Crippen LogP contribution in [0, 0.1) is 10.1 Å². The molecule has 30 heavy (non-hydrogen) atoms. The van der Waals surface area contributed by atoms with Crippen molar-refractivity contribution in [3.05, 3.63) is 81.4 Å². The van der Waals surface area contributed by atoms with Crippen molar-refractivity contribution in [2.45, 2.75) is 13.0 Å². The van der Waals surface area contributed by atoms with Crippen molar-refractivity contribution in [1.82, 2.24) is 10.2 Å². The van der Waals surface area contributed by atoms with Crippen molar-refractivity contribution in [3.63, 3.8) is 0 Å². The summed E-state index contributed by atoms with van der Waals surface area (Å²) < 4.78 is 0. The monoisotopic (exact) mass is 409 g/mol. The molecule has 1 heterocycles. The number of carbonyl (C=O) groups excluding carboxylic acids is 3. The Hall–Kier alpha value is -4.01. The molecule has 0 spiro atoms. The fourth-order valence-electron chi connectivity index (χ4n) is 3.37. The molecule has 1 unspecified atom stereocenters. The second kappa shape index (κ2) is 8.56. The molecule has 2 aromatic carbocycles. The standard InChI is InChI=1S/C21H19N3O6/c1-13(25)22-10-11-23-18(15-8-5-9-16(12-15)24(29)30)17(20(27)21(23)28)19(26)14-6-3-2-4-7-14/h2-9,12,18,26H,10-11H2,1H3,(H,22,25). The number of amides is 2. The van der Waals surface area contributed by atoms with Gasteiger partial charge < -0.3 is 15.3 Å². The molecule has 1 aliphatic heterocycles. The number of benzene rings is 2. The first-order chi connectivity index (χ1) is 14.3. The summed E-state index contributed by atoms with van der Waals surface area (Å²) in [6, 6.07) is 12.8. The van der Waals surface area contributed by atoms with Gasteiger partial charge in [0, 0.05) is 37.7 Å². The maximum atomic E-state index is 12.8. The van der Waals surface area contributed by atoms with Gasteiger partial charge in [-0.25, -0.2) is 0 Å². The van der Waals surface area contributed by atoms with Crippen molar-refractivity contribution in [2.24, 2.45) is 0 Å². The molecule has 1 fully saturated rings. The molecule has 0 aromatic heterocycles. The van der Waals surface area contributed by atoms with Crippen LogP contribution < -0.4 is 5.32 Å². The van der Waals surface area contributed by atoms with Gasteiger partial charge in [-0.1, -0.05) is 42.5 Å². The van der Waals surface area contributed by atoms with E-state index in [0.29, 0.717) is 11.1 Å². The molecule has 3 rings (SSSR count). The van der Waals surface area contributed by atoms with Gasteiger partial charge in [-0.2, -0.15) is 0 Å². The number of nitro groups is 1. The summed E-state index contributed by atoms with van der Waals surface area (Å²) in [6.45, 7) is 1.39. The number of nitrogens with zero attached hydrogens (tertiary/aromatic N) is 2. The fraction of sp³-hybridized carbons (Fsp3) is 0.190. The quantitative estimate of drug-likeness (QED) is 0.247. The predicted molar refractivity (Wildman–Crippen MR) is 107 cm³/mol. The number of rotatable bonds is 6. The maximum absolute atomic E-state index is 12.8. The number of likely N-dealkylation sites (tertiary alicyclic amines) is 1. The van der Waals surface area contributed by atoms with Gasteiger partial charge in [-0.05, 0) is 5.56 Å². The molecule has 1 atom stereocenters. The highest BCUT2D eigenvalue weighted by Gasteiger charge is 2.46. The largest absolute Gasteiger partial charge is 0.507 e. The predicted octanol–water partition coefficient (Wildman–Crippen LogP) is 2.15. The van der Waals surface area contributed by atoms with Gasteiger partial charge in [0.25, 0.3) is 17.4 Å². The number of nitrogens with one attached hydrogen (secondary N) is 1. The number of nitro benzene ring substituents is 1. The van der Waals surface area contributed by atoms with Crippen molar-refractivity contribution in [3.8, 4) is 0 Å². The maximum Gasteiger partial charge on any atom is 0.295 e. The van der Waals surface area contributed by atoms with Gasteiger partial charge in [-0.15, -0.1) is 0 Å². The molecule has 0 bridgehead atoms. The number of ketones is 1. The first-order valence-corrected chi connectivity index (χ1v) is 9.14. The summed E-state index contributed by atoms with van der Waals surface area (Å²) in [7, 11) is 0. The lowest BCUT2D eigenvalue weighted by Crippen LogP contribution is -2.37. The Morgan fingerprint density at radius 2 is 1.87 bits per heavy atom. The summed E-state index contributed by atoms with van der Waals surface area (Å²) in [6.07, 6.45) is 0. The second-order valence-electron chi connectivity index (χ2n) is 6.69. The summed E-state index contributed by atoms with van der Waals surface area (Å²) in [5.41, 5.74) is 0.283. The van der Waals surface area contributed by atoms with Crippen LogP contribution in [-0.4, -0.2) is 45.6 Å². The van der Waals surface area contributed by atoms with E-state index in [4.69, 9.17) is 0 Å². The van der Waals surface area contributed by atoms with E-state index in [1.54, 1.807) is 36.4 Å². The highest BCUT2D eigenvalue weighted by atomic mass is 16.6. The Balaban J connectivity index is 2.13. The van der Waals surface area contributed by atoms with Crippen molar-refractivity contribution in [1.29, 1.82) is 0 Å². The van der Waals surface area contributed by atoms with Crippen LogP contribution in [0.2, 0.25) is 0 Å². The third-order valence-corrected chi connectivity index (χ3v) is 4.71. The summed E-state index contributed by atoms with van der Waals surface area (Å²) in [5, 5.41) is 24.6. The summed E-state index contributed by atoms with van der Waals surface area (Å²) in [4.78, 5) is 48.5. The molecule has 1 saturated heterocycles. The Bertz CT molecular complexity index is 1050. The molecular weight excluding hydrogens is 390 g/mol. The van der Waals surface area contributed by atoms with E-state index in [0.717, 1.165) is 0 Å². The van der Waals surface area contributed by atoms with Crippen LogP contribution >= 0.6 is 0 Å².